The first kappa shape index (κ1) is 17.5. The molecule has 0 saturated heterocycles. The fourth-order valence-electron chi connectivity index (χ4n) is 1.75. The van der Waals surface area contributed by atoms with Crippen molar-refractivity contribution in [1.29, 1.82) is 0 Å². The molecule has 1 atom stereocenters. The summed E-state index contributed by atoms with van der Waals surface area (Å²) in [5.74, 6) is -1.67. The third-order valence-corrected chi connectivity index (χ3v) is 2.89. The Bertz CT molecular complexity index is 464. The van der Waals surface area contributed by atoms with Crippen molar-refractivity contribution in [3.63, 3.8) is 0 Å². The topological polar surface area (TPSA) is 61.4 Å². The molecule has 21 heavy (non-hydrogen) atoms. The first-order valence-corrected chi connectivity index (χ1v) is 6.61. The van der Waals surface area contributed by atoms with Crippen LogP contribution in [0.15, 0.2) is 24.3 Å². The van der Waals surface area contributed by atoms with E-state index >= 15 is 0 Å². The molecule has 1 amide bonds. The first-order chi connectivity index (χ1) is 9.82. The number of anilines is 1. The summed E-state index contributed by atoms with van der Waals surface area (Å²) in [5, 5.41) is 13.7. The lowest BCUT2D eigenvalue weighted by Gasteiger charge is -2.12. The largest absolute Gasteiger partial charge is 0.471 e. The van der Waals surface area contributed by atoms with E-state index in [2.05, 4.69) is 5.32 Å². The zero-order valence-electron chi connectivity index (χ0n) is 11.7. The number of nitrogens with one attached hydrogen (secondary N) is 2. The second-order valence-electron chi connectivity index (χ2n) is 4.90. The molecule has 0 spiro atoms. The smallest absolute Gasteiger partial charge is 0.396 e. The van der Waals surface area contributed by atoms with E-state index in [0.717, 1.165) is 5.56 Å². The fourth-order valence-corrected chi connectivity index (χ4v) is 1.75. The number of hydrogen-bond acceptors (Lipinski definition) is 3. The highest BCUT2D eigenvalue weighted by atomic mass is 19.4. The lowest BCUT2D eigenvalue weighted by molar-refractivity contribution is -0.167. The van der Waals surface area contributed by atoms with Crippen molar-refractivity contribution in [2.24, 2.45) is 5.92 Å². The summed E-state index contributed by atoms with van der Waals surface area (Å²) in [6.07, 6.45) is -4.21. The zero-order chi connectivity index (χ0) is 15.9. The quantitative estimate of drug-likeness (QED) is 0.724. The Morgan fingerprint density at radius 1 is 1.38 bits per heavy atom. The maximum Gasteiger partial charge on any atom is 0.471 e. The van der Waals surface area contributed by atoms with Gasteiger partial charge in [0.2, 0.25) is 0 Å². The van der Waals surface area contributed by atoms with Crippen LogP contribution >= 0.6 is 0 Å². The van der Waals surface area contributed by atoms with E-state index in [1.165, 1.54) is 12.1 Å². The molecule has 0 aliphatic carbocycles. The molecular formula is C14H19F3N2O2. The van der Waals surface area contributed by atoms with E-state index in [-0.39, 0.29) is 12.3 Å². The molecule has 1 unspecified atom stereocenters. The van der Waals surface area contributed by atoms with E-state index in [9.17, 15) is 18.0 Å². The maximum atomic E-state index is 12.2. The number of alkyl halides is 3. The van der Waals surface area contributed by atoms with E-state index in [0.29, 0.717) is 25.4 Å². The molecule has 0 aromatic heterocycles. The van der Waals surface area contributed by atoms with Crippen molar-refractivity contribution in [1.82, 2.24) is 5.32 Å². The van der Waals surface area contributed by atoms with Gasteiger partial charge in [0.1, 0.15) is 0 Å². The lowest BCUT2D eigenvalue weighted by Crippen LogP contribution is -2.30. The van der Waals surface area contributed by atoms with Gasteiger partial charge in [-0.1, -0.05) is 19.1 Å². The molecule has 7 heteroatoms. The van der Waals surface area contributed by atoms with Crippen molar-refractivity contribution in [3.8, 4) is 0 Å². The van der Waals surface area contributed by atoms with E-state index < -0.39 is 12.1 Å². The number of benzene rings is 1. The standard InChI is InChI=1S/C14H19F3N2O2/c1-10(5-6-20)8-18-9-11-3-2-4-12(7-11)19-13(21)14(15,16)17/h2-4,7,10,18,20H,5-6,8-9H2,1H3,(H,19,21). The Balaban J connectivity index is 2.51. The van der Waals surface area contributed by atoms with Crippen LogP contribution in [-0.2, 0) is 11.3 Å². The number of halogens is 3. The molecule has 0 heterocycles. The lowest BCUT2D eigenvalue weighted by atomic mass is 10.1. The van der Waals surface area contributed by atoms with Crippen LogP contribution in [0.3, 0.4) is 0 Å². The third-order valence-electron chi connectivity index (χ3n) is 2.89. The van der Waals surface area contributed by atoms with Crippen molar-refractivity contribution < 1.29 is 23.1 Å². The highest BCUT2D eigenvalue weighted by molar-refractivity contribution is 5.94. The summed E-state index contributed by atoms with van der Waals surface area (Å²) < 4.78 is 36.5. The Labute approximate surface area is 121 Å². The maximum absolute atomic E-state index is 12.2. The monoisotopic (exact) mass is 304 g/mol. The highest BCUT2D eigenvalue weighted by Crippen LogP contribution is 2.18. The minimum Gasteiger partial charge on any atom is -0.396 e. The summed E-state index contributed by atoms with van der Waals surface area (Å²) in [5.41, 5.74) is 0.881. The molecule has 3 N–H and O–H groups in total. The Morgan fingerprint density at radius 3 is 2.71 bits per heavy atom. The number of carbonyl (C=O) groups excluding carboxylic acids is 1. The summed E-state index contributed by atoms with van der Waals surface area (Å²) in [4.78, 5) is 10.8. The summed E-state index contributed by atoms with van der Waals surface area (Å²) in [6.45, 7) is 3.29. The second kappa shape index (κ2) is 7.99. The average Bonchev–Trinajstić information content (AvgIpc) is 2.38. The molecule has 0 aliphatic rings. The van der Waals surface area contributed by atoms with Gasteiger partial charge in [0.05, 0.1) is 0 Å². The third kappa shape index (κ3) is 6.59. The molecule has 118 valence electrons. The van der Waals surface area contributed by atoms with Gasteiger partial charge < -0.3 is 15.7 Å². The molecular weight excluding hydrogens is 285 g/mol. The summed E-state index contributed by atoms with van der Waals surface area (Å²) in [6, 6.07) is 6.24. The van der Waals surface area contributed by atoms with Crippen LogP contribution in [0.5, 0.6) is 0 Å². The van der Waals surface area contributed by atoms with Crippen LogP contribution in [-0.4, -0.2) is 30.3 Å². The van der Waals surface area contributed by atoms with Gasteiger partial charge >= 0.3 is 12.1 Å². The van der Waals surface area contributed by atoms with Gasteiger partial charge in [-0.2, -0.15) is 13.2 Å². The molecule has 1 aromatic rings. The predicted octanol–water partition coefficient (Wildman–Crippen LogP) is 2.30. The van der Waals surface area contributed by atoms with Gasteiger partial charge in [-0.15, -0.1) is 0 Å². The average molecular weight is 304 g/mol. The van der Waals surface area contributed by atoms with Crippen LogP contribution in [0.25, 0.3) is 0 Å². The number of rotatable bonds is 7. The fraction of sp³-hybridized carbons (Fsp3) is 0.500. The molecule has 0 radical (unpaired) electrons. The number of amides is 1. The van der Waals surface area contributed by atoms with Gasteiger partial charge in [0.25, 0.3) is 0 Å². The normalized spacial score (nSPS) is 13.0. The second-order valence-corrected chi connectivity index (χ2v) is 4.90. The Kier molecular flexibility index (Phi) is 6.64. The van der Waals surface area contributed by atoms with Crippen LogP contribution in [0.4, 0.5) is 18.9 Å². The minimum atomic E-state index is -4.89. The van der Waals surface area contributed by atoms with Gasteiger partial charge in [0, 0.05) is 18.8 Å². The number of carbonyl (C=O) groups is 1. The number of aliphatic hydroxyl groups is 1. The van der Waals surface area contributed by atoms with Crippen molar-refractivity contribution in [2.45, 2.75) is 26.1 Å². The molecule has 4 nitrogen and oxygen atoms in total. The molecule has 1 rings (SSSR count). The zero-order valence-corrected chi connectivity index (χ0v) is 11.7. The predicted molar refractivity (Wildman–Crippen MR) is 73.7 cm³/mol. The first-order valence-electron chi connectivity index (χ1n) is 6.61. The molecule has 0 bridgehead atoms. The summed E-state index contributed by atoms with van der Waals surface area (Å²) in [7, 11) is 0. The Hall–Kier alpha value is -1.60. The number of hydrogen-bond donors (Lipinski definition) is 3. The van der Waals surface area contributed by atoms with Crippen LogP contribution in [0, 0.1) is 5.92 Å². The van der Waals surface area contributed by atoms with Crippen LogP contribution in [0.1, 0.15) is 18.9 Å². The van der Waals surface area contributed by atoms with Crippen molar-refractivity contribution >= 4 is 11.6 Å². The van der Waals surface area contributed by atoms with Gasteiger partial charge in [-0.3, -0.25) is 4.79 Å². The molecule has 0 saturated carbocycles. The van der Waals surface area contributed by atoms with Gasteiger partial charge in [0.15, 0.2) is 0 Å². The van der Waals surface area contributed by atoms with Crippen LogP contribution < -0.4 is 10.6 Å². The molecule has 1 aromatic carbocycles. The van der Waals surface area contributed by atoms with E-state index in [1.807, 2.05) is 12.2 Å². The minimum absolute atomic E-state index is 0.111. The number of aliphatic hydroxyl groups excluding tert-OH is 1. The van der Waals surface area contributed by atoms with Crippen molar-refractivity contribution in [3.05, 3.63) is 29.8 Å². The van der Waals surface area contributed by atoms with E-state index in [1.54, 1.807) is 12.1 Å². The van der Waals surface area contributed by atoms with Gasteiger partial charge in [-0.25, -0.2) is 0 Å². The van der Waals surface area contributed by atoms with E-state index in [4.69, 9.17) is 5.11 Å². The highest BCUT2D eigenvalue weighted by Gasteiger charge is 2.38. The van der Waals surface area contributed by atoms with Crippen molar-refractivity contribution in [2.75, 3.05) is 18.5 Å². The SMILES string of the molecule is CC(CCO)CNCc1cccc(NC(=O)C(F)(F)F)c1. The van der Waals surface area contributed by atoms with Gasteiger partial charge in [-0.05, 0) is 36.6 Å². The molecule has 0 aliphatic heterocycles. The van der Waals surface area contributed by atoms with Crippen LogP contribution in [0.2, 0.25) is 0 Å². The Morgan fingerprint density at radius 2 is 2.10 bits per heavy atom. The molecule has 0 fully saturated rings. The summed E-state index contributed by atoms with van der Waals surface area (Å²) >= 11 is 0.